The lowest BCUT2D eigenvalue weighted by atomic mass is 10.3. The van der Waals surface area contributed by atoms with Crippen molar-refractivity contribution in [1.29, 1.82) is 0 Å². The normalized spacial score (nSPS) is 17.6. The molecule has 2 aliphatic rings. The Morgan fingerprint density at radius 1 is 0.963 bits per heavy atom. The number of hydrogen-bond acceptors (Lipinski definition) is 8. The molecule has 0 N–H and O–H groups in total. The average Bonchev–Trinajstić information content (AvgIpc) is 3.32. The third kappa shape index (κ3) is 3.27. The summed E-state index contributed by atoms with van der Waals surface area (Å²) in [6.45, 7) is 7.71. The highest BCUT2D eigenvalue weighted by atomic mass is 32.1. The highest BCUT2D eigenvalue weighted by molar-refractivity contribution is 7.09. The summed E-state index contributed by atoms with van der Waals surface area (Å²) in [7, 11) is 0. The lowest BCUT2D eigenvalue weighted by Gasteiger charge is -2.35. The number of aromatic nitrogens is 6. The Morgan fingerprint density at radius 3 is 2.41 bits per heavy atom. The van der Waals surface area contributed by atoms with E-state index >= 15 is 0 Å². The molecule has 1 saturated carbocycles. The van der Waals surface area contributed by atoms with Crippen molar-refractivity contribution in [3.8, 4) is 5.82 Å². The molecule has 0 amide bonds. The third-order valence-electron chi connectivity index (χ3n) is 5.11. The molecule has 4 heterocycles. The first-order valence-corrected chi connectivity index (χ1v) is 10.1. The first kappa shape index (κ1) is 16.6. The average molecular weight is 382 g/mol. The van der Waals surface area contributed by atoms with Gasteiger partial charge in [0.25, 0.3) is 0 Å². The van der Waals surface area contributed by atoms with Crippen molar-refractivity contribution in [2.75, 3.05) is 36.0 Å². The molecule has 27 heavy (non-hydrogen) atoms. The lowest BCUT2D eigenvalue weighted by Crippen LogP contribution is -2.46. The quantitative estimate of drug-likeness (QED) is 0.685. The summed E-state index contributed by atoms with van der Waals surface area (Å²) in [5.74, 6) is 3.42. The minimum Gasteiger partial charge on any atom is -0.353 e. The van der Waals surface area contributed by atoms with Gasteiger partial charge < -0.3 is 9.80 Å². The van der Waals surface area contributed by atoms with E-state index < -0.39 is 0 Å². The van der Waals surface area contributed by atoms with Gasteiger partial charge in [-0.25, -0.2) is 19.6 Å². The molecular weight excluding hydrogens is 360 g/mol. The van der Waals surface area contributed by atoms with E-state index in [0.717, 1.165) is 60.2 Å². The molecule has 0 atom stereocenters. The Bertz CT molecular complexity index is 952. The standard InChI is InChI=1S/C18H22N8S/c1-12-9-13(2)26(22-12)16-10-15(19-11-20-16)24-5-7-25(8-6-24)18-21-17(23-27-18)14-3-4-14/h9-11,14H,3-8H2,1-2H3. The molecule has 0 bridgehead atoms. The van der Waals surface area contributed by atoms with Gasteiger partial charge in [-0.3, -0.25) is 0 Å². The fourth-order valence-electron chi connectivity index (χ4n) is 3.48. The van der Waals surface area contributed by atoms with Gasteiger partial charge in [0.05, 0.1) is 5.69 Å². The van der Waals surface area contributed by atoms with Gasteiger partial charge in [0.2, 0.25) is 5.13 Å². The zero-order valence-corrected chi connectivity index (χ0v) is 16.4. The van der Waals surface area contributed by atoms with E-state index in [1.807, 2.05) is 24.6 Å². The van der Waals surface area contributed by atoms with Crippen LogP contribution in [-0.2, 0) is 0 Å². The van der Waals surface area contributed by atoms with Crippen LogP contribution in [0.25, 0.3) is 5.82 Å². The Hall–Kier alpha value is -2.55. The van der Waals surface area contributed by atoms with Crippen molar-refractivity contribution in [3.05, 3.63) is 35.7 Å². The van der Waals surface area contributed by atoms with Gasteiger partial charge in [-0.1, -0.05) is 0 Å². The van der Waals surface area contributed by atoms with Gasteiger partial charge in [0.15, 0.2) is 5.82 Å². The first-order valence-electron chi connectivity index (χ1n) is 9.36. The van der Waals surface area contributed by atoms with E-state index in [-0.39, 0.29) is 0 Å². The molecule has 1 saturated heterocycles. The maximum Gasteiger partial charge on any atom is 0.205 e. The molecule has 1 aliphatic heterocycles. The van der Waals surface area contributed by atoms with Gasteiger partial charge in [-0.05, 0) is 32.8 Å². The molecule has 0 aromatic carbocycles. The summed E-state index contributed by atoms with van der Waals surface area (Å²) in [6.07, 6.45) is 4.12. The molecule has 9 heteroatoms. The van der Waals surface area contributed by atoms with Crippen LogP contribution in [0.5, 0.6) is 0 Å². The van der Waals surface area contributed by atoms with Crippen LogP contribution < -0.4 is 9.80 Å². The molecule has 3 aromatic heterocycles. The summed E-state index contributed by atoms with van der Waals surface area (Å²) in [4.78, 5) is 18.3. The van der Waals surface area contributed by atoms with Crippen molar-refractivity contribution < 1.29 is 0 Å². The maximum atomic E-state index is 4.74. The molecule has 0 unspecified atom stereocenters. The monoisotopic (exact) mass is 382 g/mol. The predicted octanol–water partition coefficient (Wildman–Crippen LogP) is 2.33. The van der Waals surface area contributed by atoms with Gasteiger partial charge >= 0.3 is 0 Å². The second kappa shape index (κ2) is 6.56. The number of piperazine rings is 1. The van der Waals surface area contributed by atoms with Gasteiger partial charge in [-0.15, -0.1) is 0 Å². The van der Waals surface area contributed by atoms with Crippen LogP contribution in [0.4, 0.5) is 10.9 Å². The van der Waals surface area contributed by atoms with E-state index in [1.165, 1.54) is 24.4 Å². The molecule has 0 radical (unpaired) electrons. The smallest absolute Gasteiger partial charge is 0.205 e. The molecule has 1 aliphatic carbocycles. The second-order valence-corrected chi connectivity index (χ2v) is 7.99. The highest BCUT2D eigenvalue weighted by Gasteiger charge is 2.29. The highest BCUT2D eigenvalue weighted by Crippen LogP contribution is 2.39. The second-order valence-electron chi connectivity index (χ2n) is 7.26. The van der Waals surface area contributed by atoms with Crippen molar-refractivity contribution in [3.63, 3.8) is 0 Å². The van der Waals surface area contributed by atoms with Crippen LogP contribution in [-0.4, -0.2) is 55.3 Å². The summed E-state index contributed by atoms with van der Waals surface area (Å²) in [5.41, 5.74) is 2.06. The van der Waals surface area contributed by atoms with Crippen molar-refractivity contribution in [1.82, 2.24) is 29.1 Å². The SMILES string of the molecule is Cc1cc(C)n(-c2cc(N3CCN(c4nc(C5CC5)ns4)CC3)ncn2)n1. The van der Waals surface area contributed by atoms with E-state index in [4.69, 9.17) is 4.98 Å². The Morgan fingerprint density at radius 2 is 1.70 bits per heavy atom. The van der Waals surface area contributed by atoms with Crippen molar-refractivity contribution in [2.45, 2.75) is 32.6 Å². The van der Waals surface area contributed by atoms with E-state index in [0.29, 0.717) is 5.92 Å². The summed E-state index contributed by atoms with van der Waals surface area (Å²) >= 11 is 1.53. The van der Waals surface area contributed by atoms with Gasteiger partial charge in [-0.2, -0.15) is 9.47 Å². The van der Waals surface area contributed by atoms with Crippen LogP contribution in [0.3, 0.4) is 0 Å². The van der Waals surface area contributed by atoms with Gasteiger partial charge in [0, 0.05) is 55.4 Å². The molecule has 8 nitrogen and oxygen atoms in total. The Balaban J connectivity index is 1.29. The Labute approximate surface area is 162 Å². The van der Waals surface area contributed by atoms with Crippen molar-refractivity contribution in [2.24, 2.45) is 0 Å². The largest absolute Gasteiger partial charge is 0.353 e. The molecule has 3 aromatic rings. The number of aryl methyl sites for hydroxylation is 2. The number of anilines is 2. The fraction of sp³-hybridized carbons (Fsp3) is 0.500. The zero-order chi connectivity index (χ0) is 18.4. The van der Waals surface area contributed by atoms with Crippen LogP contribution in [0.15, 0.2) is 18.5 Å². The van der Waals surface area contributed by atoms with Crippen molar-refractivity contribution >= 4 is 22.5 Å². The predicted molar refractivity (Wildman–Crippen MR) is 105 cm³/mol. The first-order chi connectivity index (χ1) is 13.2. The van der Waals surface area contributed by atoms with E-state index in [9.17, 15) is 0 Å². The summed E-state index contributed by atoms with van der Waals surface area (Å²) in [5, 5.41) is 5.58. The van der Waals surface area contributed by atoms with Crippen LogP contribution >= 0.6 is 11.5 Å². The molecule has 5 rings (SSSR count). The number of nitrogens with zero attached hydrogens (tertiary/aromatic N) is 8. The van der Waals surface area contributed by atoms with E-state index in [1.54, 1.807) is 6.33 Å². The van der Waals surface area contributed by atoms with Crippen LogP contribution in [0.2, 0.25) is 0 Å². The topological polar surface area (TPSA) is 75.9 Å². The summed E-state index contributed by atoms with van der Waals surface area (Å²) in [6, 6.07) is 4.07. The third-order valence-corrected chi connectivity index (χ3v) is 5.90. The number of rotatable bonds is 4. The Kier molecular flexibility index (Phi) is 4.04. The minimum atomic E-state index is 0.616. The van der Waals surface area contributed by atoms with E-state index in [2.05, 4.69) is 35.3 Å². The summed E-state index contributed by atoms with van der Waals surface area (Å²) < 4.78 is 6.40. The minimum absolute atomic E-state index is 0.616. The molecule has 0 spiro atoms. The fourth-order valence-corrected chi connectivity index (χ4v) is 4.27. The molecule has 140 valence electrons. The number of hydrogen-bond donors (Lipinski definition) is 0. The molecular formula is C18H22N8S. The molecule has 2 fully saturated rings. The van der Waals surface area contributed by atoms with Crippen LogP contribution in [0, 0.1) is 13.8 Å². The van der Waals surface area contributed by atoms with Gasteiger partial charge in [0.1, 0.15) is 18.0 Å². The van der Waals surface area contributed by atoms with Crippen LogP contribution in [0.1, 0.15) is 36.0 Å². The lowest BCUT2D eigenvalue weighted by molar-refractivity contribution is 0.643. The zero-order valence-electron chi connectivity index (χ0n) is 15.5. The maximum absolute atomic E-state index is 4.74.